The van der Waals surface area contributed by atoms with Gasteiger partial charge >= 0.3 is 0 Å². The summed E-state index contributed by atoms with van der Waals surface area (Å²) in [6, 6.07) is 10.1. The second-order valence-corrected chi connectivity index (χ2v) is 9.19. The molecule has 1 heterocycles. The van der Waals surface area contributed by atoms with Gasteiger partial charge in [0, 0.05) is 19.7 Å². The fourth-order valence-electron chi connectivity index (χ4n) is 2.75. The van der Waals surface area contributed by atoms with E-state index in [0.717, 1.165) is 15.6 Å². The van der Waals surface area contributed by atoms with Crippen molar-refractivity contribution >= 4 is 21.6 Å². The van der Waals surface area contributed by atoms with Crippen molar-refractivity contribution in [2.24, 2.45) is 0 Å². The van der Waals surface area contributed by atoms with Crippen molar-refractivity contribution < 1.29 is 27.6 Å². The highest BCUT2D eigenvalue weighted by molar-refractivity contribution is 7.89. The van der Waals surface area contributed by atoms with E-state index >= 15 is 0 Å². The first-order chi connectivity index (χ1) is 14.6. The number of rotatable bonds is 7. The topological polar surface area (TPSA) is 122 Å². The van der Waals surface area contributed by atoms with Crippen molar-refractivity contribution in [2.75, 3.05) is 19.4 Å². The van der Waals surface area contributed by atoms with Crippen molar-refractivity contribution in [3.05, 3.63) is 65.0 Å². The SMILES string of the molecule is Cc1noc(C)c1COc1ccc(C(=O)Nc2cc(S(=O)(=O)N(C)C)ccc2O)cc1. The Hall–Kier alpha value is -3.37. The molecule has 1 amide bonds. The van der Waals surface area contributed by atoms with Gasteiger partial charge in [0.15, 0.2) is 0 Å². The lowest BCUT2D eigenvalue weighted by Crippen LogP contribution is -2.22. The first-order valence-corrected chi connectivity index (χ1v) is 10.7. The second kappa shape index (κ2) is 8.78. The van der Waals surface area contributed by atoms with E-state index < -0.39 is 15.9 Å². The lowest BCUT2D eigenvalue weighted by Gasteiger charge is -2.14. The molecular weight excluding hydrogens is 422 g/mol. The molecule has 3 aromatic rings. The molecule has 0 aliphatic heterocycles. The molecule has 0 aliphatic carbocycles. The number of aryl methyl sites for hydroxylation is 2. The Labute approximate surface area is 180 Å². The Balaban J connectivity index is 1.71. The highest BCUT2D eigenvalue weighted by Gasteiger charge is 2.20. The number of aromatic nitrogens is 1. The molecule has 0 fully saturated rings. The van der Waals surface area contributed by atoms with Crippen LogP contribution in [0.4, 0.5) is 5.69 Å². The molecule has 164 valence electrons. The third kappa shape index (κ3) is 4.86. The standard InChI is InChI=1S/C21H23N3O6S/c1-13-18(14(2)30-23-13)12-29-16-7-5-15(6-8-16)21(26)22-19-11-17(9-10-20(19)25)31(27,28)24(3)4/h5-11,25H,12H2,1-4H3,(H,22,26). The van der Waals surface area contributed by atoms with Gasteiger partial charge in [0.25, 0.3) is 5.91 Å². The largest absolute Gasteiger partial charge is 0.506 e. The van der Waals surface area contributed by atoms with E-state index in [4.69, 9.17) is 9.26 Å². The lowest BCUT2D eigenvalue weighted by molar-refractivity contribution is 0.102. The molecule has 0 saturated carbocycles. The van der Waals surface area contributed by atoms with E-state index in [2.05, 4.69) is 10.5 Å². The summed E-state index contributed by atoms with van der Waals surface area (Å²) < 4.78 is 36.4. The lowest BCUT2D eigenvalue weighted by atomic mass is 10.2. The zero-order valence-corrected chi connectivity index (χ0v) is 18.4. The number of nitrogens with one attached hydrogen (secondary N) is 1. The predicted molar refractivity (Wildman–Crippen MR) is 114 cm³/mol. The summed E-state index contributed by atoms with van der Waals surface area (Å²) in [4.78, 5) is 12.5. The van der Waals surface area contributed by atoms with Gasteiger partial charge in [0.1, 0.15) is 23.9 Å². The Morgan fingerprint density at radius 3 is 2.42 bits per heavy atom. The monoisotopic (exact) mass is 445 g/mol. The van der Waals surface area contributed by atoms with Crippen LogP contribution in [-0.4, -0.2) is 43.0 Å². The average Bonchev–Trinajstić information content (AvgIpc) is 3.05. The number of ether oxygens (including phenoxy) is 1. The number of hydrogen-bond acceptors (Lipinski definition) is 7. The summed E-state index contributed by atoms with van der Waals surface area (Å²) in [6.07, 6.45) is 0. The van der Waals surface area contributed by atoms with E-state index in [0.29, 0.717) is 17.1 Å². The first-order valence-electron chi connectivity index (χ1n) is 9.31. The van der Waals surface area contributed by atoms with Gasteiger partial charge in [-0.2, -0.15) is 0 Å². The van der Waals surface area contributed by atoms with Crippen LogP contribution in [0.2, 0.25) is 0 Å². The highest BCUT2D eigenvalue weighted by atomic mass is 32.2. The molecule has 0 aliphatic rings. The van der Waals surface area contributed by atoms with Crippen molar-refractivity contribution in [2.45, 2.75) is 25.3 Å². The summed E-state index contributed by atoms with van der Waals surface area (Å²) in [6.45, 7) is 3.92. The molecule has 9 nitrogen and oxygen atoms in total. The van der Waals surface area contributed by atoms with Crippen LogP contribution in [0, 0.1) is 13.8 Å². The van der Waals surface area contributed by atoms with Crippen LogP contribution in [0.1, 0.15) is 27.4 Å². The van der Waals surface area contributed by atoms with Gasteiger partial charge < -0.3 is 19.7 Å². The maximum atomic E-state index is 12.6. The number of carbonyl (C=O) groups is 1. The van der Waals surface area contributed by atoms with Crippen LogP contribution in [0.15, 0.2) is 51.9 Å². The second-order valence-electron chi connectivity index (χ2n) is 7.04. The molecule has 10 heteroatoms. The molecule has 0 bridgehead atoms. The molecule has 1 aromatic heterocycles. The van der Waals surface area contributed by atoms with E-state index in [1.807, 2.05) is 6.92 Å². The van der Waals surface area contributed by atoms with E-state index in [-0.39, 0.29) is 22.9 Å². The fourth-order valence-corrected chi connectivity index (χ4v) is 3.68. The minimum Gasteiger partial charge on any atom is -0.506 e. The maximum absolute atomic E-state index is 12.6. The molecule has 0 saturated heterocycles. The molecule has 0 atom stereocenters. The first kappa shape index (κ1) is 22.3. The molecule has 2 N–H and O–H groups in total. The molecule has 3 rings (SSSR count). The highest BCUT2D eigenvalue weighted by Crippen LogP contribution is 2.28. The maximum Gasteiger partial charge on any atom is 0.255 e. The number of amides is 1. The normalized spacial score (nSPS) is 11.5. The third-order valence-electron chi connectivity index (χ3n) is 4.68. The molecule has 31 heavy (non-hydrogen) atoms. The number of benzene rings is 2. The molecule has 2 aromatic carbocycles. The quantitative estimate of drug-likeness (QED) is 0.536. The van der Waals surface area contributed by atoms with Crippen molar-refractivity contribution in [3.63, 3.8) is 0 Å². The van der Waals surface area contributed by atoms with Gasteiger partial charge in [-0.1, -0.05) is 5.16 Å². The molecule has 0 unspecified atom stereocenters. The Bertz CT molecular complexity index is 1180. The fraction of sp³-hybridized carbons (Fsp3) is 0.238. The van der Waals surface area contributed by atoms with Crippen molar-refractivity contribution in [3.8, 4) is 11.5 Å². The summed E-state index contributed by atoms with van der Waals surface area (Å²) in [5.41, 5.74) is 1.92. The molecule has 0 spiro atoms. The number of carbonyl (C=O) groups excluding carboxylic acids is 1. The minimum atomic E-state index is -3.71. The smallest absolute Gasteiger partial charge is 0.255 e. The molecular formula is C21H23N3O6S. The summed E-state index contributed by atoms with van der Waals surface area (Å²) >= 11 is 0. The average molecular weight is 445 g/mol. The van der Waals surface area contributed by atoms with Crippen LogP contribution < -0.4 is 10.1 Å². The van der Waals surface area contributed by atoms with E-state index in [1.54, 1.807) is 31.2 Å². The number of phenolic OH excluding ortho intramolecular Hbond substituents is 1. The van der Waals surface area contributed by atoms with Crippen molar-refractivity contribution in [1.29, 1.82) is 0 Å². The Kier molecular flexibility index (Phi) is 6.32. The number of aromatic hydroxyl groups is 1. The predicted octanol–water partition coefficient (Wildman–Crippen LogP) is 3.08. The van der Waals surface area contributed by atoms with Gasteiger partial charge in [0.2, 0.25) is 10.0 Å². The van der Waals surface area contributed by atoms with E-state index in [9.17, 15) is 18.3 Å². The van der Waals surface area contributed by atoms with Gasteiger partial charge in [0.05, 0.1) is 21.8 Å². The van der Waals surface area contributed by atoms with Crippen LogP contribution in [0.3, 0.4) is 0 Å². The number of phenols is 1. The number of sulfonamides is 1. The summed E-state index contributed by atoms with van der Waals surface area (Å²) in [5, 5.41) is 16.4. The van der Waals surface area contributed by atoms with E-state index in [1.165, 1.54) is 32.3 Å². The van der Waals surface area contributed by atoms with Crippen LogP contribution in [-0.2, 0) is 16.6 Å². The Morgan fingerprint density at radius 1 is 1.16 bits per heavy atom. The number of nitrogens with zero attached hydrogens (tertiary/aromatic N) is 2. The van der Waals surface area contributed by atoms with Crippen LogP contribution in [0.25, 0.3) is 0 Å². The summed E-state index contributed by atoms with van der Waals surface area (Å²) in [7, 11) is -0.913. The Morgan fingerprint density at radius 2 is 1.84 bits per heavy atom. The zero-order valence-electron chi connectivity index (χ0n) is 17.5. The number of hydrogen-bond donors (Lipinski definition) is 2. The minimum absolute atomic E-state index is 0.00772. The zero-order chi connectivity index (χ0) is 22.8. The van der Waals surface area contributed by atoms with Crippen LogP contribution in [0.5, 0.6) is 11.5 Å². The van der Waals surface area contributed by atoms with Gasteiger partial charge in [-0.05, 0) is 56.3 Å². The van der Waals surface area contributed by atoms with Gasteiger partial charge in [-0.25, -0.2) is 12.7 Å². The summed E-state index contributed by atoms with van der Waals surface area (Å²) in [5.74, 6) is 0.489. The van der Waals surface area contributed by atoms with Crippen LogP contribution >= 0.6 is 0 Å². The van der Waals surface area contributed by atoms with Gasteiger partial charge in [-0.3, -0.25) is 4.79 Å². The number of anilines is 1. The van der Waals surface area contributed by atoms with Gasteiger partial charge in [-0.15, -0.1) is 0 Å². The van der Waals surface area contributed by atoms with Crippen molar-refractivity contribution in [1.82, 2.24) is 9.46 Å². The third-order valence-corrected chi connectivity index (χ3v) is 6.49. The molecule has 0 radical (unpaired) electrons.